The predicted molar refractivity (Wildman–Crippen MR) is 68.2 cm³/mol. The van der Waals surface area contributed by atoms with E-state index < -0.39 is 6.69 Å². The van der Waals surface area contributed by atoms with Gasteiger partial charge in [-0.25, -0.2) is 0 Å². The van der Waals surface area contributed by atoms with Crippen molar-refractivity contribution in [3.05, 3.63) is 42.0 Å². The number of hydrogen-bond acceptors (Lipinski definition) is 0. The van der Waals surface area contributed by atoms with E-state index in [2.05, 4.69) is 31.2 Å². The molecule has 1 rings (SSSR count). The van der Waals surface area contributed by atoms with Crippen molar-refractivity contribution in [1.82, 2.24) is 0 Å². The lowest BCUT2D eigenvalue weighted by Crippen LogP contribution is -2.17. The Hall–Kier alpha value is -0.243. The van der Waals surface area contributed by atoms with Crippen LogP contribution < -0.4 is 0 Å². The zero-order chi connectivity index (χ0) is 10.6. The molecule has 0 spiro atoms. The minimum Gasteiger partial charge on any atom is -0.146 e. The van der Waals surface area contributed by atoms with Gasteiger partial charge in [0.1, 0.15) is 0 Å². The van der Waals surface area contributed by atoms with Crippen LogP contribution in [0.2, 0.25) is 12.1 Å². The van der Waals surface area contributed by atoms with E-state index in [1.54, 1.807) is 0 Å². The molecule has 0 aromatic heterocycles. The molecule has 0 saturated heterocycles. The monoisotopic (exact) mass is 244 g/mol. The van der Waals surface area contributed by atoms with E-state index in [0.717, 1.165) is 0 Å². The SMILES string of the molecule is CC(C=Cc1ccccc1)[Si](C)(Cl)Cl. The van der Waals surface area contributed by atoms with Gasteiger partial charge >= 0.3 is 0 Å². The van der Waals surface area contributed by atoms with E-state index in [1.165, 1.54) is 5.56 Å². The number of benzene rings is 1. The normalized spacial score (nSPS) is 14.6. The zero-order valence-electron chi connectivity index (χ0n) is 8.37. The van der Waals surface area contributed by atoms with Crippen molar-refractivity contribution >= 4 is 34.9 Å². The minimum absolute atomic E-state index is 0.269. The highest BCUT2D eigenvalue weighted by Gasteiger charge is 2.27. The van der Waals surface area contributed by atoms with E-state index in [-0.39, 0.29) is 5.54 Å². The molecular weight excluding hydrogens is 231 g/mol. The predicted octanol–water partition coefficient (Wildman–Crippen LogP) is 4.64. The summed E-state index contributed by atoms with van der Waals surface area (Å²) in [6, 6.07) is 10.2. The quantitative estimate of drug-likeness (QED) is 0.537. The second kappa shape index (κ2) is 5.01. The summed E-state index contributed by atoms with van der Waals surface area (Å²) in [7, 11) is 0. The first kappa shape index (κ1) is 11.8. The van der Waals surface area contributed by atoms with Crippen molar-refractivity contribution < 1.29 is 0 Å². The Labute approximate surface area is 96.0 Å². The number of halogens is 2. The Kier molecular flexibility index (Phi) is 4.23. The number of allylic oxidation sites excluding steroid dienone is 1. The van der Waals surface area contributed by atoms with Crippen molar-refractivity contribution in [2.75, 3.05) is 0 Å². The molecule has 1 unspecified atom stereocenters. The lowest BCUT2D eigenvalue weighted by Gasteiger charge is -2.15. The maximum absolute atomic E-state index is 6.10. The van der Waals surface area contributed by atoms with E-state index in [4.69, 9.17) is 22.2 Å². The fourth-order valence-corrected chi connectivity index (χ4v) is 1.86. The van der Waals surface area contributed by atoms with Gasteiger partial charge in [0.25, 0.3) is 6.69 Å². The van der Waals surface area contributed by atoms with Gasteiger partial charge in [-0.1, -0.05) is 49.4 Å². The van der Waals surface area contributed by atoms with Gasteiger partial charge in [-0.3, -0.25) is 0 Å². The molecule has 1 aromatic carbocycles. The summed E-state index contributed by atoms with van der Waals surface area (Å²) in [5.41, 5.74) is 1.46. The Morgan fingerprint density at radius 3 is 2.29 bits per heavy atom. The first-order chi connectivity index (χ1) is 6.50. The van der Waals surface area contributed by atoms with Crippen LogP contribution in [-0.4, -0.2) is 6.69 Å². The highest BCUT2D eigenvalue weighted by molar-refractivity contribution is 7.45. The number of hydrogen-bond donors (Lipinski definition) is 0. The molecule has 1 atom stereocenters. The molecule has 76 valence electrons. The topological polar surface area (TPSA) is 0 Å². The van der Waals surface area contributed by atoms with Crippen molar-refractivity contribution in [1.29, 1.82) is 0 Å². The fourth-order valence-electron chi connectivity index (χ4n) is 0.989. The molecule has 0 heterocycles. The van der Waals surface area contributed by atoms with Gasteiger partial charge in [-0.2, -0.15) is 0 Å². The largest absolute Gasteiger partial charge is 0.254 e. The van der Waals surface area contributed by atoms with Gasteiger partial charge in [-0.15, -0.1) is 22.2 Å². The average molecular weight is 245 g/mol. The van der Waals surface area contributed by atoms with Crippen molar-refractivity contribution in [2.45, 2.75) is 19.0 Å². The molecule has 0 aliphatic carbocycles. The van der Waals surface area contributed by atoms with E-state index in [9.17, 15) is 0 Å². The number of rotatable bonds is 3. The highest BCUT2D eigenvalue weighted by Crippen LogP contribution is 2.30. The Bertz CT molecular complexity index is 301. The van der Waals surface area contributed by atoms with E-state index in [0.29, 0.717) is 0 Å². The molecule has 0 N–H and O–H groups in total. The van der Waals surface area contributed by atoms with Crippen LogP contribution in [0.15, 0.2) is 36.4 Å². The minimum atomic E-state index is -2.06. The van der Waals surface area contributed by atoms with Crippen LogP contribution in [0.1, 0.15) is 12.5 Å². The van der Waals surface area contributed by atoms with Gasteiger partial charge in [0, 0.05) is 0 Å². The van der Waals surface area contributed by atoms with E-state index >= 15 is 0 Å². The van der Waals surface area contributed by atoms with Gasteiger partial charge < -0.3 is 0 Å². The molecule has 1 aromatic rings. The van der Waals surface area contributed by atoms with Crippen molar-refractivity contribution in [2.24, 2.45) is 0 Å². The van der Waals surface area contributed by atoms with Gasteiger partial charge in [-0.05, 0) is 17.7 Å². The maximum atomic E-state index is 6.10. The van der Waals surface area contributed by atoms with Crippen LogP contribution in [0.25, 0.3) is 6.08 Å². The Morgan fingerprint density at radius 2 is 1.79 bits per heavy atom. The molecule has 0 aliphatic rings. The summed E-state index contributed by atoms with van der Waals surface area (Å²) in [5.74, 6) is 0. The van der Waals surface area contributed by atoms with Crippen LogP contribution in [-0.2, 0) is 0 Å². The Morgan fingerprint density at radius 1 is 1.21 bits per heavy atom. The third kappa shape index (κ3) is 3.87. The second-order valence-electron chi connectivity index (χ2n) is 3.51. The summed E-state index contributed by atoms with van der Waals surface area (Å²) in [5, 5.41) is 0. The molecule has 0 nitrogen and oxygen atoms in total. The van der Waals surface area contributed by atoms with Crippen LogP contribution >= 0.6 is 22.2 Å². The molecule has 3 heteroatoms. The zero-order valence-corrected chi connectivity index (χ0v) is 10.9. The Balaban J connectivity index is 2.66. The van der Waals surface area contributed by atoms with Crippen LogP contribution in [0.3, 0.4) is 0 Å². The third-order valence-corrected chi connectivity index (χ3v) is 6.03. The first-order valence-corrected chi connectivity index (χ1v) is 9.21. The van der Waals surface area contributed by atoms with Crippen LogP contribution in [0.5, 0.6) is 0 Å². The first-order valence-electron chi connectivity index (χ1n) is 4.61. The summed E-state index contributed by atoms with van der Waals surface area (Å²) in [6.07, 6.45) is 4.15. The molecule has 0 bridgehead atoms. The summed E-state index contributed by atoms with van der Waals surface area (Å²) >= 11 is 12.2. The summed E-state index contributed by atoms with van der Waals surface area (Å²) in [6.45, 7) is 1.94. The molecule has 0 radical (unpaired) electrons. The molecule has 0 amide bonds. The van der Waals surface area contributed by atoms with Crippen molar-refractivity contribution in [3.63, 3.8) is 0 Å². The molecule has 14 heavy (non-hydrogen) atoms. The van der Waals surface area contributed by atoms with Gasteiger partial charge in [0.15, 0.2) is 0 Å². The molecular formula is C11H14Cl2Si. The molecule has 0 saturated carbocycles. The van der Waals surface area contributed by atoms with Crippen LogP contribution in [0, 0.1) is 0 Å². The van der Waals surface area contributed by atoms with Crippen LogP contribution in [0.4, 0.5) is 0 Å². The van der Waals surface area contributed by atoms with Gasteiger partial charge in [0.2, 0.25) is 0 Å². The smallest absolute Gasteiger partial charge is 0.146 e. The molecule has 0 aliphatic heterocycles. The maximum Gasteiger partial charge on any atom is 0.254 e. The summed E-state index contributed by atoms with van der Waals surface area (Å²) in [4.78, 5) is 0. The third-order valence-electron chi connectivity index (χ3n) is 2.18. The highest BCUT2D eigenvalue weighted by atomic mass is 35.7. The average Bonchev–Trinajstić information content (AvgIpc) is 2.14. The second-order valence-corrected chi connectivity index (χ2v) is 11.6. The van der Waals surface area contributed by atoms with E-state index in [1.807, 2.05) is 24.7 Å². The lowest BCUT2D eigenvalue weighted by molar-refractivity contribution is 1.18. The lowest BCUT2D eigenvalue weighted by atomic mass is 10.2. The fraction of sp³-hybridized carbons (Fsp3) is 0.273. The summed E-state index contributed by atoms with van der Waals surface area (Å²) < 4.78 is 0. The van der Waals surface area contributed by atoms with Gasteiger partial charge in [0.05, 0.1) is 0 Å². The van der Waals surface area contributed by atoms with Crippen molar-refractivity contribution in [3.8, 4) is 0 Å². The molecule has 0 fully saturated rings. The standard InChI is InChI=1S/C11H14Cl2Si/c1-10(14(2,12)13)8-9-11-6-4-3-5-7-11/h3-10H,1-2H3.